The van der Waals surface area contributed by atoms with Crippen molar-refractivity contribution >= 4 is 16.7 Å². The summed E-state index contributed by atoms with van der Waals surface area (Å²) in [5, 5.41) is 0.678. The van der Waals surface area contributed by atoms with Crippen LogP contribution in [-0.4, -0.2) is 46.3 Å². The van der Waals surface area contributed by atoms with Gasteiger partial charge in [0, 0.05) is 23.9 Å². The summed E-state index contributed by atoms with van der Waals surface area (Å²) in [7, 11) is 7.65. The maximum Gasteiger partial charge on any atom is 0.203 e. The number of rotatable bonds is 7. The first kappa shape index (κ1) is 18.4. The summed E-state index contributed by atoms with van der Waals surface area (Å²) in [5.41, 5.74) is 1.61. The highest BCUT2D eigenvalue weighted by atomic mass is 16.5. The summed E-state index contributed by atoms with van der Waals surface area (Å²) >= 11 is 0. The SMILES string of the molecule is COc1cc(OC)c2c(C(=O)c3cc(OC)c(OC)c(OC)c3)c[nH]c2c1. The van der Waals surface area contributed by atoms with E-state index in [4.69, 9.17) is 23.7 Å². The minimum absolute atomic E-state index is 0.205. The van der Waals surface area contributed by atoms with Crippen LogP contribution in [0.1, 0.15) is 15.9 Å². The van der Waals surface area contributed by atoms with Gasteiger partial charge in [-0.05, 0) is 12.1 Å². The zero-order valence-electron chi connectivity index (χ0n) is 15.8. The number of aromatic amines is 1. The van der Waals surface area contributed by atoms with Gasteiger partial charge < -0.3 is 28.7 Å². The van der Waals surface area contributed by atoms with Crippen molar-refractivity contribution < 1.29 is 28.5 Å². The standard InChI is InChI=1S/C20H21NO6/c1-23-12-8-14-18(15(9-12)24-2)13(10-21-14)19(22)11-6-16(25-3)20(27-5)17(7-11)26-4/h6-10,21H,1-5H3. The molecule has 2 aromatic carbocycles. The van der Waals surface area contributed by atoms with Crippen molar-refractivity contribution in [2.75, 3.05) is 35.5 Å². The second-order valence-electron chi connectivity index (χ2n) is 5.70. The van der Waals surface area contributed by atoms with Crippen LogP contribution >= 0.6 is 0 Å². The maximum absolute atomic E-state index is 13.2. The van der Waals surface area contributed by atoms with Gasteiger partial charge in [-0.15, -0.1) is 0 Å². The van der Waals surface area contributed by atoms with Gasteiger partial charge in [0.2, 0.25) is 5.75 Å². The first-order valence-corrected chi connectivity index (χ1v) is 8.15. The van der Waals surface area contributed by atoms with Crippen LogP contribution in [0.5, 0.6) is 28.7 Å². The molecule has 1 heterocycles. The number of hydrogen-bond donors (Lipinski definition) is 1. The fourth-order valence-electron chi connectivity index (χ4n) is 3.03. The second kappa shape index (κ2) is 7.49. The highest BCUT2D eigenvalue weighted by Crippen LogP contribution is 2.40. The smallest absolute Gasteiger partial charge is 0.203 e. The zero-order chi connectivity index (χ0) is 19.6. The van der Waals surface area contributed by atoms with Crippen molar-refractivity contribution in [1.82, 2.24) is 4.98 Å². The normalized spacial score (nSPS) is 10.6. The molecule has 0 saturated heterocycles. The number of benzene rings is 2. The fourth-order valence-corrected chi connectivity index (χ4v) is 3.03. The summed E-state index contributed by atoms with van der Waals surface area (Å²) in [4.78, 5) is 16.3. The number of ketones is 1. The highest BCUT2D eigenvalue weighted by molar-refractivity contribution is 6.18. The van der Waals surface area contributed by atoms with Crippen LogP contribution in [0.25, 0.3) is 10.9 Å². The molecule has 0 unspecified atom stereocenters. The average molecular weight is 371 g/mol. The second-order valence-corrected chi connectivity index (χ2v) is 5.70. The number of carbonyl (C=O) groups excluding carboxylic acids is 1. The first-order chi connectivity index (χ1) is 13.1. The van der Waals surface area contributed by atoms with Gasteiger partial charge in [-0.1, -0.05) is 0 Å². The molecule has 0 bridgehead atoms. The average Bonchev–Trinajstić information content (AvgIpc) is 3.15. The lowest BCUT2D eigenvalue weighted by Gasteiger charge is -2.14. The molecule has 1 N–H and O–H groups in total. The molecule has 0 aliphatic carbocycles. The first-order valence-electron chi connectivity index (χ1n) is 8.15. The number of nitrogens with one attached hydrogen (secondary N) is 1. The van der Waals surface area contributed by atoms with Crippen molar-refractivity contribution in [3.63, 3.8) is 0 Å². The largest absolute Gasteiger partial charge is 0.497 e. The summed E-state index contributed by atoms with van der Waals surface area (Å²) in [5.74, 6) is 2.22. The van der Waals surface area contributed by atoms with E-state index >= 15 is 0 Å². The Bertz CT molecular complexity index is 967. The molecule has 27 heavy (non-hydrogen) atoms. The maximum atomic E-state index is 13.2. The lowest BCUT2D eigenvalue weighted by molar-refractivity contribution is 0.103. The minimum Gasteiger partial charge on any atom is -0.497 e. The molecule has 0 fully saturated rings. The van der Waals surface area contributed by atoms with Crippen molar-refractivity contribution in [3.8, 4) is 28.7 Å². The van der Waals surface area contributed by atoms with Crippen LogP contribution in [0.2, 0.25) is 0 Å². The summed E-state index contributed by atoms with van der Waals surface area (Å²) < 4.78 is 26.7. The monoisotopic (exact) mass is 371 g/mol. The van der Waals surface area contributed by atoms with E-state index in [9.17, 15) is 4.79 Å². The molecule has 3 aromatic rings. The number of hydrogen-bond acceptors (Lipinski definition) is 6. The molecule has 142 valence electrons. The molecule has 7 nitrogen and oxygen atoms in total. The van der Waals surface area contributed by atoms with Crippen LogP contribution in [0.15, 0.2) is 30.5 Å². The number of methoxy groups -OCH3 is 5. The number of fused-ring (bicyclic) bond motifs is 1. The number of H-pyrrole nitrogens is 1. The van der Waals surface area contributed by atoms with Crippen LogP contribution < -0.4 is 23.7 Å². The Balaban J connectivity index is 2.17. The lowest BCUT2D eigenvalue weighted by Crippen LogP contribution is -2.04. The molecule has 0 amide bonds. The van der Waals surface area contributed by atoms with Gasteiger partial charge in [-0.25, -0.2) is 0 Å². The van der Waals surface area contributed by atoms with Crippen LogP contribution in [0.3, 0.4) is 0 Å². The highest BCUT2D eigenvalue weighted by Gasteiger charge is 2.22. The molecule has 0 saturated carbocycles. The Hall–Kier alpha value is -3.35. The van der Waals surface area contributed by atoms with Gasteiger partial charge in [0.15, 0.2) is 17.3 Å². The molecule has 0 spiro atoms. The number of aromatic nitrogens is 1. The van der Waals surface area contributed by atoms with Gasteiger partial charge in [-0.2, -0.15) is 0 Å². The molecular weight excluding hydrogens is 350 g/mol. The predicted octanol–water partition coefficient (Wildman–Crippen LogP) is 3.44. The third kappa shape index (κ3) is 3.12. The molecule has 1 aromatic heterocycles. The van der Waals surface area contributed by atoms with Crippen molar-refractivity contribution in [3.05, 3.63) is 41.6 Å². The van der Waals surface area contributed by atoms with E-state index in [1.54, 1.807) is 38.6 Å². The summed E-state index contributed by atoms with van der Waals surface area (Å²) in [6.07, 6.45) is 1.65. The lowest BCUT2D eigenvalue weighted by atomic mass is 10.0. The van der Waals surface area contributed by atoms with Gasteiger partial charge in [-0.3, -0.25) is 4.79 Å². The van der Waals surface area contributed by atoms with Crippen LogP contribution in [0, 0.1) is 0 Å². The molecule has 0 aliphatic rings. The van der Waals surface area contributed by atoms with E-state index in [1.165, 1.54) is 21.3 Å². The van der Waals surface area contributed by atoms with E-state index in [-0.39, 0.29) is 5.78 Å². The molecule has 3 rings (SSSR count). The number of carbonyl (C=O) groups is 1. The third-order valence-electron chi connectivity index (χ3n) is 4.34. The third-order valence-corrected chi connectivity index (χ3v) is 4.34. The van der Waals surface area contributed by atoms with Crippen LogP contribution in [0.4, 0.5) is 0 Å². The van der Waals surface area contributed by atoms with E-state index in [0.717, 1.165) is 5.52 Å². The Morgan fingerprint density at radius 2 is 1.41 bits per heavy atom. The topological polar surface area (TPSA) is 79.0 Å². The molecule has 0 radical (unpaired) electrons. The Kier molecular flexibility index (Phi) is 5.12. The summed E-state index contributed by atoms with van der Waals surface area (Å²) in [6, 6.07) is 6.79. The molecule has 7 heteroatoms. The van der Waals surface area contributed by atoms with Gasteiger partial charge in [0.1, 0.15) is 11.5 Å². The van der Waals surface area contributed by atoms with Gasteiger partial charge >= 0.3 is 0 Å². The molecule has 0 aliphatic heterocycles. The van der Waals surface area contributed by atoms with Crippen molar-refractivity contribution in [1.29, 1.82) is 0 Å². The van der Waals surface area contributed by atoms with Gasteiger partial charge in [0.25, 0.3) is 0 Å². The Labute approximate surface area is 156 Å². The van der Waals surface area contributed by atoms with E-state index in [1.807, 2.05) is 6.07 Å². The van der Waals surface area contributed by atoms with Crippen molar-refractivity contribution in [2.45, 2.75) is 0 Å². The van der Waals surface area contributed by atoms with Gasteiger partial charge in [0.05, 0.1) is 52.0 Å². The quantitative estimate of drug-likeness (QED) is 0.641. The van der Waals surface area contributed by atoms with E-state index < -0.39 is 0 Å². The minimum atomic E-state index is -0.205. The van der Waals surface area contributed by atoms with E-state index in [0.29, 0.717) is 45.3 Å². The van der Waals surface area contributed by atoms with Crippen LogP contribution in [-0.2, 0) is 0 Å². The van der Waals surface area contributed by atoms with Crippen molar-refractivity contribution in [2.24, 2.45) is 0 Å². The molecular formula is C20H21NO6. The van der Waals surface area contributed by atoms with E-state index in [2.05, 4.69) is 4.98 Å². The number of ether oxygens (including phenoxy) is 5. The zero-order valence-corrected chi connectivity index (χ0v) is 15.8. The molecule has 0 atom stereocenters. The summed E-state index contributed by atoms with van der Waals surface area (Å²) in [6.45, 7) is 0. The Morgan fingerprint density at radius 3 is 1.93 bits per heavy atom. The Morgan fingerprint density at radius 1 is 0.778 bits per heavy atom. The fraction of sp³-hybridized carbons (Fsp3) is 0.250. The predicted molar refractivity (Wildman–Crippen MR) is 101 cm³/mol.